The van der Waals surface area contributed by atoms with Crippen LogP contribution in [0.15, 0.2) is 61.2 Å². The largest absolute Gasteiger partial charge is 0.494 e. The van der Waals surface area contributed by atoms with Crippen molar-refractivity contribution in [3.05, 3.63) is 83.7 Å². The average Bonchev–Trinajstić information content (AvgIpc) is 2.81. The van der Waals surface area contributed by atoms with Crippen LogP contribution in [0.5, 0.6) is 5.75 Å². The molecular formula is C24H26N4O2. The molecule has 1 aromatic carbocycles. The molecule has 3 heterocycles. The van der Waals surface area contributed by atoms with E-state index in [0.717, 1.165) is 37.3 Å². The number of amides is 1. The number of piperidine rings is 1. The number of carbonyl (C=O) groups is 1. The van der Waals surface area contributed by atoms with Crippen LogP contribution in [0, 0.1) is 0 Å². The van der Waals surface area contributed by atoms with Crippen molar-refractivity contribution >= 4 is 5.91 Å². The molecule has 4 rings (SSSR count). The second-order valence-corrected chi connectivity index (χ2v) is 7.53. The third-order valence-electron chi connectivity index (χ3n) is 5.40. The van der Waals surface area contributed by atoms with E-state index in [2.05, 4.69) is 34.2 Å². The highest BCUT2D eigenvalue weighted by atomic mass is 16.5. The van der Waals surface area contributed by atoms with Crippen molar-refractivity contribution < 1.29 is 9.53 Å². The molecule has 1 fully saturated rings. The van der Waals surface area contributed by atoms with Gasteiger partial charge in [-0.3, -0.25) is 14.8 Å². The fraction of sp³-hybridized carbons (Fsp3) is 0.333. The highest BCUT2D eigenvalue weighted by Crippen LogP contribution is 2.26. The van der Waals surface area contributed by atoms with Crippen LogP contribution in [-0.4, -0.2) is 45.5 Å². The fourth-order valence-corrected chi connectivity index (χ4v) is 3.86. The topological polar surface area (TPSA) is 68.2 Å². The van der Waals surface area contributed by atoms with Crippen LogP contribution in [0.3, 0.4) is 0 Å². The van der Waals surface area contributed by atoms with Gasteiger partial charge < -0.3 is 9.64 Å². The molecule has 154 valence electrons. The van der Waals surface area contributed by atoms with Crippen LogP contribution in [0.25, 0.3) is 0 Å². The average molecular weight is 402 g/mol. The molecule has 30 heavy (non-hydrogen) atoms. The van der Waals surface area contributed by atoms with Gasteiger partial charge in [0, 0.05) is 43.3 Å². The van der Waals surface area contributed by atoms with E-state index in [-0.39, 0.29) is 11.8 Å². The van der Waals surface area contributed by atoms with Crippen LogP contribution in [0.1, 0.15) is 53.0 Å². The van der Waals surface area contributed by atoms with E-state index in [0.29, 0.717) is 18.8 Å². The van der Waals surface area contributed by atoms with Crippen LogP contribution in [0.4, 0.5) is 0 Å². The highest BCUT2D eigenvalue weighted by molar-refractivity contribution is 5.92. The van der Waals surface area contributed by atoms with Gasteiger partial charge in [0.05, 0.1) is 12.8 Å². The predicted octanol–water partition coefficient (Wildman–Crippen LogP) is 3.88. The minimum absolute atomic E-state index is 0.0556. The number of hydrogen-bond acceptors (Lipinski definition) is 5. The zero-order valence-electron chi connectivity index (χ0n) is 17.2. The van der Waals surface area contributed by atoms with Crippen molar-refractivity contribution in [1.82, 2.24) is 19.9 Å². The zero-order chi connectivity index (χ0) is 20.8. The van der Waals surface area contributed by atoms with Gasteiger partial charge in [0.15, 0.2) is 0 Å². The number of rotatable bonds is 6. The number of pyridine rings is 1. The first kappa shape index (κ1) is 20.0. The lowest BCUT2D eigenvalue weighted by molar-refractivity contribution is 0.0699. The Morgan fingerprint density at radius 3 is 2.60 bits per heavy atom. The monoisotopic (exact) mass is 402 g/mol. The summed E-state index contributed by atoms with van der Waals surface area (Å²) in [6, 6.07) is 12.4. The number of likely N-dealkylation sites (tertiary alicyclic amines) is 1. The summed E-state index contributed by atoms with van der Waals surface area (Å²) in [6.07, 6.45) is 9.45. The number of ether oxygens (including phenoxy) is 1. The highest BCUT2D eigenvalue weighted by Gasteiger charge is 2.26. The van der Waals surface area contributed by atoms with Gasteiger partial charge in [0.2, 0.25) is 0 Å². The molecule has 0 aliphatic carbocycles. The summed E-state index contributed by atoms with van der Waals surface area (Å²) in [6.45, 7) is 4.08. The van der Waals surface area contributed by atoms with Crippen molar-refractivity contribution in [2.75, 3.05) is 19.7 Å². The molecule has 1 amide bonds. The molecule has 3 aromatic rings. The van der Waals surface area contributed by atoms with Gasteiger partial charge in [-0.2, -0.15) is 0 Å². The maximum absolute atomic E-state index is 12.7. The van der Waals surface area contributed by atoms with Crippen molar-refractivity contribution in [2.24, 2.45) is 0 Å². The molecule has 6 heteroatoms. The van der Waals surface area contributed by atoms with Crippen molar-refractivity contribution in [3.8, 4) is 5.75 Å². The summed E-state index contributed by atoms with van der Waals surface area (Å²) in [4.78, 5) is 27.4. The van der Waals surface area contributed by atoms with E-state index < -0.39 is 0 Å². The first-order chi connectivity index (χ1) is 14.7. The first-order valence-electron chi connectivity index (χ1n) is 10.4. The van der Waals surface area contributed by atoms with E-state index in [1.54, 1.807) is 12.4 Å². The summed E-state index contributed by atoms with van der Waals surface area (Å²) in [5.74, 6) is 1.09. The fourth-order valence-electron chi connectivity index (χ4n) is 3.86. The van der Waals surface area contributed by atoms with Crippen molar-refractivity contribution in [2.45, 2.75) is 32.1 Å². The Bertz CT molecular complexity index is 959. The third kappa shape index (κ3) is 4.82. The maximum Gasteiger partial charge on any atom is 0.274 e. The molecule has 0 bridgehead atoms. The Balaban J connectivity index is 1.39. The van der Waals surface area contributed by atoms with Gasteiger partial charge in [-0.15, -0.1) is 0 Å². The van der Waals surface area contributed by atoms with Crippen LogP contribution in [-0.2, 0) is 6.42 Å². The molecule has 1 aliphatic rings. The summed E-state index contributed by atoms with van der Waals surface area (Å²) in [5.41, 5.74) is 3.84. The molecule has 0 radical (unpaired) electrons. The van der Waals surface area contributed by atoms with E-state index in [1.807, 2.05) is 30.2 Å². The van der Waals surface area contributed by atoms with Crippen LogP contribution < -0.4 is 4.74 Å². The minimum atomic E-state index is -0.0556. The normalized spacial score (nSPS) is 16.3. The Morgan fingerprint density at radius 2 is 1.90 bits per heavy atom. The Kier molecular flexibility index (Phi) is 6.32. The molecule has 0 N–H and O–H groups in total. The lowest BCUT2D eigenvalue weighted by atomic mass is 9.93. The molecule has 1 saturated heterocycles. The maximum atomic E-state index is 12.7. The van der Waals surface area contributed by atoms with Gasteiger partial charge in [0.25, 0.3) is 5.91 Å². The molecule has 0 spiro atoms. The smallest absolute Gasteiger partial charge is 0.274 e. The van der Waals surface area contributed by atoms with Gasteiger partial charge in [-0.1, -0.05) is 18.2 Å². The Morgan fingerprint density at radius 1 is 1.07 bits per heavy atom. The number of aromatic nitrogens is 3. The van der Waals surface area contributed by atoms with E-state index in [4.69, 9.17) is 9.72 Å². The molecule has 1 atom stereocenters. The van der Waals surface area contributed by atoms with Crippen LogP contribution >= 0.6 is 0 Å². The van der Waals surface area contributed by atoms with E-state index in [9.17, 15) is 4.79 Å². The summed E-state index contributed by atoms with van der Waals surface area (Å²) < 4.78 is 5.50. The summed E-state index contributed by atoms with van der Waals surface area (Å²) >= 11 is 0. The SMILES string of the molecule is CCOc1ccc(Cc2ccc([C@@H]3CCCN(C(=O)c4cnccn4)C3)nc2)cc1. The standard InChI is InChI=1S/C24H26N4O2/c1-2-30-21-8-5-18(6-9-21)14-19-7-10-22(27-15-19)20-4-3-13-28(17-20)24(29)23-16-25-11-12-26-23/h5-12,15-16,20H,2-4,13-14,17H2,1H3/t20-/m1/s1. The third-order valence-corrected chi connectivity index (χ3v) is 5.40. The molecular weight excluding hydrogens is 376 g/mol. The quantitative estimate of drug-likeness (QED) is 0.626. The van der Waals surface area contributed by atoms with E-state index in [1.165, 1.54) is 17.3 Å². The van der Waals surface area contributed by atoms with Gasteiger partial charge >= 0.3 is 0 Å². The van der Waals surface area contributed by atoms with Crippen molar-refractivity contribution in [3.63, 3.8) is 0 Å². The number of nitrogens with zero attached hydrogens (tertiary/aromatic N) is 4. The minimum Gasteiger partial charge on any atom is -0.494 e. The van der Waals surface area contributed by atoms with Gasteiger partial charge in [-0.05, 0) is 55.5 Å². The van der Waals surface area contributed by atoms with Crippen LogP contribution in [0.2, 0.25) is 0 Å². The number of hydrogen-bond donors (Lipinski definition) is 0. The second kappa shape index (κ2) is 9.48. The van der Waals surface area contributed by atoms with Gasteiger partial charge in [-0.25, -0.2) is 4.98 Å². The lowest BCUT2D eigenvalue weighted by Gasteiger charge is -2.32. The Labute approximate surface area is 177 Å². The summed E-state index contributed by atoms with van der Waals surface area (Å²) in [7, 11) is 0. The molecule has 0 saturated carbocycles. The Hall–Kier alpha value is -3.28. The van der Waals surface area contributed by atoms with E-state index >= 15 is 0 Å². The first-order valence-corrected chi connectivity index (χ1v) is 10.4. The predicted molar refractivity (Wildman–Crippen MR) is 115 cm³/mol. The zero-order valence-corrected chi connectivity index (χ0v) is 17.2. The molecule has 6 nitrogen and oxygen atoms in total. The second-order valence-electron chi connectivity index (χ2n) is 7.53. The molecule has 0 unspecified atom stereocenters. The molecule has 1 aliphatic heterocycles. The van der Waals surface area contributed by atoms with Gasteiger partial charge in [0.1, 0.15) is 11.4 Å². The lowest BCUT2D eigenvalue weighted by Crippen LogP contribution is -2.39. The number of benzene rings is 1. The van der Waals surface area contributed by atoms with Crippen molar-refractivity contribution in [1.29, 1.82) is 0 Å². The summed E-state index contributed by atoms with van der Waals surface area (Å²) in [5, 5.41) is 0. The number of carbonyl (C=O) groups excluding carboxylic acids is 1. The molecule has 2 aromatic heterocycles.